The molecular formula is C7H5O2. The Morgan fingerprint density at radius 3 is 3.00 bits per heavy atom. The first-order chi connectivity index (χ1) is 4.34. The predicted molar refractivity (Wildman–Crippen MR) is 32.3 cm³/mol. The molecule has 0 aromatic carbocycles. The van der Waals surface area contributed by atoms with Crippen molar-refractivity contribution < 1.29 is 9.90 Å². The molecule has 0 heterocycles. The quantitative estimate of drug-likeness (QED) is 0.484. The van der Waals surface area contributed by atoms with Gasteiger partial charge in [0.25, 0.3) is 0 Å². The maximum atomic E-state index is 9.95. The van der Waals surface area contributed by atoms with Crippen LogP contribution in [0.1, 0.15) is 6.42 Å². The van der Waals surface area contributed by atoms with E-state index in [4.69, 9.17) is 5.11 Å². The van der Waals surface area contributed by atoms with Gasteiger partial charge in [0.2, 0.25) is 0 Å². The number of allylic oxidation sites excluding steroid dienone is 4. The highest BCUT2D eigenvalue weighted by atomic mass is 16.3. The van der Waals surface area contributed by atoms with Gasteiger partial charge in [0, 0.05) is 12.5 Å². The molecule has 0 aromatic heterocycles. The summed E-state index contributed by atoms with van der Waals surface area (Å²) < 4.78 is 0. The molecule has 0 spiro atoms. The normalized spacial score (nSPS) is 16.9. The summed E-state index contributed by atoms with van der Waals surface area (Å²) in [6, 6.07) is 0. The molecule has 1 aliphatic rings. The Labute approximate surface area is 52.8 Å². The molecule has 2 nitrogen and oxygen atoms in total. The maximum absolute atomic E-state index is 9.95. The summed E-state index contributed by atoms with van der Waals surface area (Å²) >= 11 is 0. The van der Waals surface area contributed by atoms with Gasteiger partial charge in [-0.2, -0.15) is 0 Å². The third kappa shape index (κ3) is 1.09. The topological polar surface area (TPSA) is 37.3 Å². The lowest BCUT2D eigenvalue weighted by Gasteiger charge is -1.99. The van der Waals surface area contributed by atoms with E-state index in [1.165, 1.54) is 0 Å². The molecule has 2 heteroatoms. The van der Waals surface area contributed by atoms with Crippen LogP contribution in [0.25, 0.3) is 0 Å². The molecule has 1 rings (SSSR count). The van der Waals surface area contributed by atoms with Crippen molar-refractivity contribution in [3.05, 3.63) is 29.6 Å². The van der Waals surface area contributed by atoms with E-state index < -0.39 is 0 Å². The Balaban J connectivity index is 2.96. The second-order valence-electron chi connectivity index (χ2n) is 1.68. The Hall–Kier alpha value is -1.27. The van der Waals surface area contributed by atoms with Crippen LogP contribution < -0.4 is 0 Å². The number of hydrogen-bond donors (Lipinski definition) is 1. The molecule has 0 saturated heterocycles. The number of aliphatic hydroxyl groups is 1. The summed E-state index contributed by atoms with van der Waals surface area (Å²) in [7, 11) is 0. The lowest BCUT2D eigenvalue weighted by atomic mass is 10.1. The fraction of sp³-hybridized carbons (Fsp3) is 0.143. The van der Waals surface area contributed by atoms with Crippen LogP contribution in [0.2, 0.25) is 0 Å². The second kappa shape index (κ2) is 2.33. The van der Waals surface area contributed by atoms with Crippen LogP contribution in [0.4, 0.5) is 0 Å². The third-order valence-corrected chi connectivity index (χ3v) is 1.07. The van der Waals surface area contributed by atoms with Gasteiger partial charge >= 0.3 is 0 Å². The Kier molecular flexibility index (Phi) is 1.52. The third-order valence-electron chi connectivity index (χ3n) is 1.07. The van der Waals surface area contributed by atoms with E-state index in [0.717, 1.165) is 0 Å². The van der Waals surface area contributed by atoms with E-state index in [1.54, 1.807) is 18.1 Å². The Bertz CT molecular complexity index is 217. The summed E-state index contributed by atoms with van der Waals surface area (Å²) in [6.07, 6.45) is 6.25. The Morgan fingerprint density at radius 2 is 2.56 bits per heavy atom. The summed E-state index contributed by atoms with van der Waals surface area (Å²) in [6.45, 7) is 0. The highest BCUT2D eigenvalue weighted by Gasteiger charge is 2.04. The first-order valence-corrected chi connectivity index (χ1v) is 2.56. The summed E-state index contributed by atoms with van der Waals surface area (Å²) in [5, 5.41) is 8.82. The summed E-state index contributed by atoms with van der Waals surface area (Å²) in [5.74, 6) is 1.53. The van der Waals surface area contributed by atoms with Crippen molar-refractivity contribution in [1.82, 2.24) is 0 Å². The highest BCUT2D eigenvalue weighted by molar-refractivity contribution is 5.60. The van der Waals surface area contributed by atoms with Crippen LogP contribution in [0.5, 0.6) is 0 Å². The average molecular weight is 121 g/mol. The zero-order valence-corrected chi connectivity index (χ0v) is 4.72. The van der Waals surface area contributed by atoms with Crippen molar-refractivity contribution in [2.45, 2.75) is 6.42 Å². The van der Waals surface area contributed by atoms with Crippen molar-refractivity contribution in [2.75, 3.05) is 0 Å². The van der Waals surface area contributed by atoms with E-state index in [9.17, 15) is 4.79 Å². The van der Waals surface area contributed by atoms with Crippen molar-refractivity contribution >= 4 is 5.94 Å². The number of aliphatic hydroxyl groups excluding tert-OH is 1. The second-order valence-corrected chi connectivity index (χ2v) is 1.68. The van der Waals surface area contributed by atoms with E-state index in [1.807, 2.05) is 0 Å². The molecule has 1 N–H and O–H groups in total. The molecule has 45 valence electrons. The Morgan fingerprint density at radius 1 is 1.78 bits per heavy atom. The minimum Gasteiger partial charge on any atom is -0.506 e. The van der Waals surface area contributed by atoms with Gasteiger partial charge < -0.3 is 5.11 Å². The standard InChI is InChI=1S/C7H5O2/c8-5-6-3-1-2-4-7(6)9/h1-2,9H,3H2. The minimum atomic E-state index is -0.0903. The van der Waals surface area contributed by atoms with Crippen LogP contribution in [-0.4, -0.2) is 11.0 Å². The predicted octanol–water partition coefficient (Wildman–Crippen LogP) is 0.949. The molecule has 9 heavy (non-hydrogen) atoms. The molecule has 1 radical (unpaired) electrons. The zero-order chi connectivity index (χ0) is 6.69. The van der Waals surface area contributed by atoms with Crippen LogP contribution in [0, 0.1) is 6.08 Å². The SMILES string of the molecule is O=C=C1CC=C[C]=C1O. The van der Waals surface area contributed by atoms with Gasteiger partial charge in [-0.3, -0.25) is 0 Å². The number of hydrogen-bond acceptors (Lipinski definition) is 2. The van der Waals surface area contributed by atoms with E-state index >= 15 is 0 Å². The molecule has 0 aromatic rings. The molecule has 1 aliphatic carbocycles. The van der Waals surface area contributed by atoms with Gasteiger partial charge in [-0.05, 0) is 0 Å². The zero-order valence-electron chi connectivity index (χ0n) is 4.72. The van der Waals surface area contributed by atoms with Crippen molar-refractivity contribution in [3.8, 4) is 0 Å². The van der Waals surface area contributed by atoms with E-state index in [0.29, 0.717) is 6.42 Å². The fourth-order valence-electron chi connectivity index (χ4n) is 0.588. The van der Waals surface area contributed by atoms with Gasteiger partial charge in [0.05, 0.1) is 5.57 Å². The number of carbonyl (C=O) groups excluding carboxylic acids is 1. The minimum absolute atomic E-state index is 0.0903. The lowest BCUT2D eigenvalue weighted by Crippen LogP contribution is -1.91. The van der Waals surface area contributed by atoms with Crippen molar-refractivity contribution in [2.24, 2.45) is 0 Å². The number of rotatable bonds is 0. The molecule has 0 aliphatic heterocycles. The van der Waals surface area contributed by atoms with Gasteiger partial charge in [-0.1, -0.05) is 12.2 Å². The largest absolute Gasteiger partial charge is 0.506 e. The van der Waals surface area contributed by atoms with Crippen LogP contribution >= 0.6 is 0 Å². The van der Waals surface area contributed by atoms with Gasteiger partial charge in [0.15, 0.2) is 0 Å². The lowest BCUT2D eigenvalue weighted by molar-refractivity contribution is 0.417. The van der Waals surface area contributed by atoms with Crippen LogP contribution in [-0.2, 0) is 4.79 Å². The molecule has 0 saturated carbocycles. The monoisotopic (exact) mass is 121 g/mol. The van der Waals surface area contributed by atoms with Crippen LogP contribution in [0.3, 0.4) is 0 Å². The average Bonchev–Trinajstić information content (AvgIpc) is 1.89. The van der Waals surface area contributed by atoms with Gasteiger partial charge in [0.1, 0.15) is 11.7 Å². The highest BCUT2D eigenvalue weighted by Crippen LogP contribution is 2.11. The van der Waals surface area contributed by atoms with Crippen molar-refractivity contribution in [1.29, 1.82) is 0 Å². The van der Waals surface area contributed by atoms with E-state index in [2.05, 4.69) is 6.08 Å². The first kappa shape index (κ1) is 5.86. The summed E-state index contributed by atoms with van der Waals surface area (Å²) in [4.78, 5) is 9.95. The molecule has 0 fully saturated rings. The van der Waals surface area contributed by atoms with Gasteiger partial charge in [-0.15, -0.1) is 0 Å². The molecule has 0 unspecified atom stereocenters. The first-order valence-electron chi connectivity index (χ1n) is 2.56. The van der Waals surface area contributed by atoms with Gasteiger partial charge in [-0.25, -0.2) is 4.79 Å². The smallest absolute Gasteiger partial charge is 0.138 e. The molecule has 0 amide bonds. The maximum Gasteiger partial charge on any atom is 0.138 e. The van der Waals surface area contributed by atoms with Crippen LogP contribution in [0.15, 0.2) is 23.5 Å². The van der Waals surface area contributed by atoms with Crippen molar-refractivity contribution in [3.63, 3.8) is 0 Å². The molecule has 0 atom stereocenters. The van der Waals surface area contributed by atoms with E-state index in [-0.39, 0.29) is 11.3 Å². The fourth-order valence-corrected chi connectivity index (χ4v) is 0.588. The summed E-state index contributed by atoms with van der Waals surface area (Å²) in [5.41, 5.74) is 0.275. The molecule has 0 bridgehead atoms. The molecular weight excluding hydrogens is 116 g/mol.